The number of aryl methyl sites for hydroxylation is 1. The summed E-state index contributed by atoms with van der Waals surface area (Å²) in [7, 11) is 0. The lowest BCUT2D eigenvalue weighted by molar-refractivity contribution is -0.130. The van der Waals surface area contributed by atoms with Crippen molar-refractivity contribution in [1.82, 2.24) is 9.47 Å². The maximum Gasteiger partial charge on any atom is 0.240 e. The van der Waals surface area contributed by atoms with E-state index >= 15 is 0 Å². The van der Waals surface area contributed by atoms with Crippen molar-refractivity contribution in [2.45, 2.75) is 31.6 Å². The van der Waals surface area contributed by atoms with Crippen LogP contribution in [0.4, 0.5) is 4.39 Å². The number of benzene rings is 1. The molecule has 1 aromatic heterocycles. The van der Waals surface area contributed by atoms with E-state index in [2.05, 4.69) is 28.9 Å². The molecule has 1 aliphatic carbocycles. The van der Waals surface area contributed by atoms with Crippen LogP contribution < -0.4 is 0 Å². The highest BCUT2D eigenvalue weighted by molar-refractivity contribution is 8.04. The molecule has 2 atom stereocenters. The molecule has 1 aromatic carbocycles. The van der Waals surface area contributed by atoms with Crippen LogP contribution in [0.25, 0.3) is 10.9 Å². The van der Waals surface area contributed by atoms with E-state index in [0.717, 1.165) is 27.1 Å². The predicted octanol–water partition coefficient (Wildman–Crippen LogP) is 5.36. The molecule has 2 bridgehead atoms. The minimum absolute atomic E-state index is 0.0287. The van der Waals surface area contributed by atoms with Gasteiger partial charge in [-0.15, -0.1) is 11.8 Å². The molecule has 0 N–H and O–H groups in total. The zero-order valence-electron chi connectivity index (χ0n) is 16.3. The first-order valence-electron chi connectivity index (χ1n) is 9.88. The van der Waals surface area contributed by atoms with Gasteiger partial charge in [-0.1, -0.05) is 42.5 Å². The number of halogens is 1. The van der Waals surface area contributed by atoms with E-state index in [9.17, 15) is 9.18 Å². The SMILES string of the molecule is CCN(CC)C(=O)C1SC2=CC(C=CC=C2)c2c1c1ccccc1n2CCF. The van der Waals surface area contributed by atoms with E-state index in [1.807, 2.05) is 49.1 Å². The topological polar surface area (TPSA) is 25.2 Å². The lowest BCUT2D eigenvalue weighted by Crippen LogP contribution is -2.34. The van der Waals surface area contributed by atoms with Crippen LogP contribution in [0.1, 0.15) is 36.3 Å². The molecule has 3 nitrogen and oxygen atoms in total. The second-order valence-corrected chi connectivity index (χ2v) is 8.18. The quantitative estimate of drug-likeness (QED) is 0.680. The lowest BCUT2D eigenvalue weighted by Gasteiger charge is -2.25. The minimum Gasteiger partial charge on any atom is -0.342 e. The fourth-order valence-electron chi connectivity index (χ4n) is 4.25. The van der Waals surface area contributed by atoms with Crippen molar-refractivity contribution in [3.63, 3.8) is 0 Å². The van der Waals surface area contributed by atoms with Crippen molar-refractivity contribution in [2.24, 2.45) is 0 Å². The largest absolute Gasteiger partial charge is 0.342 e. The summed E-state index contributed by atoms with van der Waals surface area (Å²) in [4.78, 5) is 16.5. The molecule has 4 rings (SSSR count). The molecule has 0 fully saturated rings. The van der Waals surface area contributed by atoms with Gasteiger partial charge < -0.3 is 9.47 Å². The molecule has 2 aromatic rings. The lowest BCUT2D eigenvalue weighted by atomic mass is 9.96. The van der Waals surface area contributed by atoms with Gasteiger partial charge in [0, 0.05) is 46.1 Å². The van der Waals surface area contributed by atoms with Gasteiger partial charge in [-0.25, -0.2) is 4.39 Å². The molecule has 2 heterocycles. The average molecular weight is 397 g/mol. The maximum absolute atomic E-state index is 13.5. The number of alkyl halides is 1. The van der Waals surface area contributed by atoms with Crippen molar-refractivity contribution in [1.29, 1.82) is 0 Å². The Kier molecular flexibility index (Phi) is 5.44. The molecule has 1 amide bonds. The van der Waals surface area contributed by atoms with Crippen LogP contribution in [0, 0.1) is 0 Å². The van der Waals surface area contributed by atoms with Gasteiger partial charge in [0.1, 0.15) is 11.9 Å². The number of hydrogen-bond donors (Lipinski definition) is 0. The number of nitrogens with zero attached hydrogens (tertiary/aromatic N) is 2. The number of carbonyl (C=O) groups is 1. The van der Waals surface area contributed by atoms with E-state index in [-0.39, 0.29) is 17.1 Å². The first-order chi connectivity index (χ1) is 13.7. The van der Waals surface area contributed by atoms with E-state index in [0.29, 0.717) is 19.6 Å². The summed E-state index contributed by atoms with van der Waals surface area (Å²) >= 11 is 1.61. The average Bonchev–Trinajstić information content (AvgIpc) is 2.85. The molecule has 1 aliphatic heterocycles. The van der Waals surface area contributed by atoms with Crippen molar-refractivity contribution in [2.75, 3.05) is 19.8 Å². The summed E-state index contributed by atoms with van der Waals surface area (Å²) in [5, 5.41) is 0.731. The number of fused-ring (bicyclic) bond motifs is 5. The van der Waals surface area contributed by atoms with Crippen molar-refractivity contribution in [3.8, 4) is 0 Å². The fourth-order valence-corrected chi connectivity index (χ4v) is 5.52. The van der Waals surface area contributed by atoms with Crippen molar-refractivity contribution >= 4 is 28.6 Å². The molecule has 5 heteroatoms. The number of rotatable bonds is 5. The first kappa shape index (κ1) is 19.1. The molecule has 146 valence electrons. The standard InChI is InChI=1S/C23H25FN2OS/c1-3-25(4-2)23(27)22-20-18-11-7-8-12-19(18)26(14-13-24)21(20)16-9-5-6-10-17(15-16)28-22/h5-12,15-16,22H,3-4,13-14H2,1-2H3. The predicted molar refractivity (Wildman–Crippen MR) is 115 cm³/mol. The number of likely N-dealkylation sites (N-methyl/N-ethyl adjacent to an activating group) is 1. The molecular weight excluding hydrogens is 371 g/mol. The highest BCUT2D eigenvalue weighted by Crippen LogP contribution is 2.49. The Hall–Kier alpha value is -2.27. The van der Waals surface area contributed by atoms with Crippen LogP contribution in [0.5, 0.6) is 0 Å². The van der Waals surface area contributed by atoms with Gasteiger partial charge in [0.25, 0.3) is 0 Å². The number of amides is 1. The van der Waals surface area contributed by atoms with E-state index in [1.54, 1.807) is 11.8 Å². The van der Waals surface area contributed by atoms with Crippen molar-refractivity contribution in [3.05, 3.63) is 70.8 Å². The van der Waals surface area contributed by atoms with Crippen LogP contribution in [-0.2, 0) is 11.3 Å². The Balaban J connectivity index is 2.00. The van der Waals surface area contributed by atoms with Gasteiger partial charge in [0.05, 0.1) is 6.54 Å². The highest BCUT2D eigenvalue weighted by Gasteiger charge is 2.36. The second-order valence-electron chi connectivity index (χ2n) is 7.00. The summed E-state index contributed by atoms with van der Waals surface area (Å²) in [6.07, 6.45) is 10.5. The normalized spacial score (nSPS) is 20.5. The van der Waals surface area contributed by atoms with Gasteiger partial charge in [-0.2, -0.15) is 0 Å². The minimum atomic E-state index is -0.432. The van der Waals surface area contributed by atoms with Gasteiger partial charge in [-0.05, 0) is 26.0 Å². The van der Waals surface area contributed by atoms with E-state index < -0.39 is 6.67 Å². The Bertz CT molecular complexity index is 984. The summed E-state index contributed by atoms with van der Waals surface area (Å²) in [6, 6.07) is 8.09. The van der Waals surface area contributed by atoms with Crippen LogP contribution in [-0.4, -0.2) is 35.1 Å². The van der Waals surface area contributed by atoms with E-state index in [1.165, 1.54) is 0 Å². The Morgan fingerprint density at radius 1 is 1.21 bits per heavy atom. The number of aromatic nitrogens is 1. The second kappa shape index (κ2) is 8.00. The van der Waals surface area contributed by atoms with Crippen LogP contribution in [0.2, 0.25) is 0 Å². The number of hydrogen-bond acceptors (Lipinski definition) is 2. The smallest absolute Gasteiger partial charge is 0.240 e. The molecule has 0 saturated heterocycles. The summed E-state index contributed by atoms with van der Waals surface area (Å²) in [6.45, 7) is 5.26. The molecule has 0 saturated carbocycles. The fraction of sp³-hybridized carbons (Fsp3) is 0.348. The molecule has 0 radical (unpaired) electrons. The Morgan fingerprint density at radius 3 is 2.75 bits per heavy atom. The summed E-state index contributed by atoms with van der Waals surface area (Å²) < 4.78 is 15.6. The van der Waals surface area contributed by atoms with Gasteiger partial charge in [0.15, 0.2) is 0 Å². The molecule has 2 unspecified atom stereocenters. The molecule has 0 spiro atoms. The van der Waals surface area contributed by atoms with Gasteiger partial charge in [0.2, 0.25) is 5.91 Å². The van der Waals surface area contributed by atoms with Crippen molar-refractivity contribution < 1.29 is 9.18 Å². The van der Waals surface area contributed by atoms with Gasteiger partial charge in [-0.3, -0.25) is 4.79 Å². The third-order valence-electron chi connectivity index (χ3n) is 5.53. The third kappa shape index (κ3) is 3.12. The number of thioether (sulfide) groups is 1. The number of carbonyl (C=O) groups excluding carboxylic acids is 1. The van der Waals surface area contributed by atoms with Crippen LogP contribution in [0.3, 0.4) is 0 Å². The molecule has 2 aliphatic rings. The van der Waals surface area contributed by atoms with Gasteiger partial charge >= 0.3 is 0 Å². The third-order valence-corrected chi connectivity index (χ3v) is 6.74. The molecular formula is C23H25FN2OS. The van der Waals surface area contributed by atoms with Crippen LogP contribution in [0.15, 0.2) is 59.6 Å². The monoisotopic (exact) mass is 396 g/mol. The molecule has 28 heavy (non-hydrogen) atoms. The Morgan fingerprint density at radius 2 is 2.00 bits per heavy atom. The van der Waals surface area contributed by atoms with Crippen LogP contribution >= 0.6 is 11.8 Å². The highest BCUT2D eigenvalue weighted by atomic mass is 32.2. The number of allylic oxidation sites excluding steroid dienone is 5. The zero-order chi connectivity index (χ0) is 19.7. The zero-order valence-corrected chi connectivity index (χ0v) is 17.1. The summed E-state index contributed by atoms with van der Waals surface area (Å²) in [5.74, 6) is 0.157. The maximum atomic E-state index is 13.5. The van der Waals surface area contributed by atoms with E-state index in [4.69, 9.17) is 0 Å². The number of para-hydroxylation sites is 1. The first-order valence-corrected chi connectivity index (χ1v) is 10.8. The Labute approximate surface area is 169 Å². The summed E-state index contributed by atoms with van der Waals surface area (Å²) in [5.41, 5.74) is 3.10.